The molecule has 0 aliphatic carbocycles. The third kappa shape index (κ3) is 1.67. The van der Waals surface area contributed by atoms with Gasteiger partial charge in [0.15, 0.2) is 0 Å². The van der Waals surface area contributed by atoms with Crippen molar-refractivity contribution < 1.29 is 4.39 Å². The Morgan fingerprint density at radius 3 is 3.14 bits per heavy atom. The van der Waals surface area contributed by atoms with Gasteiger partial charge in [-0.1, -0.05) is 0 Å². The number of nitrogens with two attached hydrogens (primary N) is 1. The van der Waals surface area contributed by atoms with E-state index in [-0.39, 0.29) is 5.82 Å². The number of benzene rings is 1. The van der Waals surface area contributed by atoms with Crippen molar-refractivity contribution in [2.24, 2.45) is 5.73 Å². The van der Waals surface area contributed by atoms with Gasteiger partial charge in [0.05, 0.1) is 11.0 Å². The van der Waals surface area contributed by atoms with Crippen LogP contribution in [0.15, 0.2) is 18.2 Å². The van der Waals surface area contributed by atoms with Crippen LogP contribution in [0.5, 0.6) is 0 Å². The third-order valence-electron chi connectivity index (χ3n) is 1.88. The van der Waals surface area contributed by atoms with E-state index in [9.17, 15) is 4.39 Å². The lowest BCUT2D eigenvalue weighted by Gasteiger charge is -1.96. The minimum Gasteiger partial charge on any atom is -0.355 e. The molecule has 5 heteroatoms. The highest BCUT2D eigenvalue weighted by Gasteiger charge is 2.02. The maximum atomic E-state index is 12.8. The molecule has 0 bridgehead atoms. The fraction of sp³-hybridized carbons (Fsp3) is 0.222. The number of anilines is 1. The van der Waals surface area contributed by atoms with Crippen LogP contribution >= 0.6 is 0 Å². The Hall–Kier alpha value is -1.62. The van der Waals surface area contributed by atoms with Crippen molar-refractivity contribution in [2.45, 2.75) is 0 Å². The molecule has 0 saturated heterocycles. The fourth-order valence-electron chi connectivity index (χ4n) is 1.26. The first-order chi connectivity index (χ1) is 6.79. The second-order valence-electron chi connectivity index (χ2n) is 2.96. The number of halogens is 1. The first-order valence-electron chi connectivity index (χ1n) is 4.39. The zero-order valence-corrected chi connectivity index (χ0v) is 7.55. The van der Waals surface area contributed by atoms with Crippen molar-refractivity contribution >= 4 is 17.0 Å². The maximum Gasteiger partial charge on any atom is 0.201 e. The molecule has 4 N–H and O–H groups in total. The number of nitrogens with zero attached hydrogens (tertiary/aromatic N) is 1. The fourth-order valence-corrected chi connectivity index (χ4v) is 1.26. The summed E-state index contributed by atoms with van der Waals surface area (Å²) in [4.78, 5) is 7.16. The molecular formula is C9H11FN4. The van der Waals surface area contributed by atoms with Crippen LogP contribution in [0.25, 0.3) is 11.0 Å². The molecule has 0 spiro atoms. The molecule has 0 radical (unpaired) electrons. The summed E-state index contributed by atoms with van der Waals surface area (Å²) in [7, 11) is 0. The van der Waals surface area contributed by atoms with Crippen molar-refractivity contribution in [3.8, 4) is 0 Å². The van der Waals surface area contributed by atoms with E-state index in [0.29, 0.717) is 24.6 Å². The smallest absolute Gasteiger partial charge is 0.201 e. The van der Waals surface area contributed by atoms with Crippen molar-refractivity contribution in [1.29, 1.82) is 0 Å². The monoisotopic (exact) mass is 194 g/mol. The normalized spacial score (nSPS) is 10.7. The maximum absolute atomic E-state index is 12.8. The molecule has 2 rings (SSSR count). The number of hydrogen-bond acceptors (Lipinski definition) is 3. The van der Waals surface area contributed by atoms with Crippen molar-refractivity contribution in [3.63, 3.8) is 0 Å². The summed E-state index contributed by atoms with van der Waals surface area (Å²) in [6.07, 6.45) is 0. The first-order valence-corrected chi connectivity index (χ1v) is 4.39. The number of aromatic nitrogens is 2. The molecule has 74 valence electrons. The van der Waals surface area contributed by atoms with Gasteiger partial charge < -0.3 is 16.0 Å². The lowest BCUT2D eigenvalue weighted by atomic mass is 10.3. The predicted octanol–water partition coefficient (Wildman–Crippen LogP) is 1.07. The summed E-state index contributed by atoms with van der Waals surface area (Å²) in [6, 6.07) is 4.43. The van der Waals surface area contributed by atoms with Crippen LogP contribution < -0.4 is 11.1 Å². The number of fused-ring (bicyclic) bond motifs is 1. The third-order valence-corrected chi connectivity index (χ3v) is 1.88. The van der Waals surface area contributed by atoms with Crippen molar-refractivity contribution in [1.82, 2.24) is 9.97 Å². The van der Waals surface area contributed by atoms with Crippen LogP contribution in [-0.2, 0) is 0 Å². The highest BCUT2D eigenvalue weighted by atomic mass is 19.1. The highest BCUT2D eigenvalue weighted by Crippen LogP contribution is 2.14. The average Bonchev–Trinajstić information content (AvgIpc) is 2.56. The molecular weight excluding hydrogens is 183 g/mol. The first kappa shape index (κ1) is 8.96. The van der Waals surface area contributed by atoms with Crippen LogP contribution in [-0.4, -0.2) is 23.1 Å². The molecule has 0 fully saturated rings. The topological polar surface area (TPSA) is 66.7 Å². The van der Waals surface area contributed by atoms with Crippen LogP contribution in [0.3, 0.4) is 0 Å². The largest absolute Gasteiger partial charge is 0.355 e. The quantitative estimate of drug-likeness (QED) is 0.684. The van der Waals surface area contributed by atoms with Gasteiger partial charge in [-0.15, -0.1) is 0 Å². The van der Waals surface area contributed by atoms with Crippen LogP contribution in [0.1, 0.15) is 0 Å². The number of nitrogens with one attached hydrogen (secondary N) is 2. The minimum atomic E-state index is -0.272. The molecule has 4 nitrogen and oxygen atoms in total. The zero-order chi connectivity index (χ0) is 9.97. The van der Waals surface area contributed by atoms with E-state index in [1.54, 1.807) is 6.07 Å². The zero-order valence-electron chi connectivity index (χ0n) is 7.55. The van der Waals surface area contributed by atoms with Crippen molar-refractivity contribution in [3.05, 3.63) is 24.0 Å². The van der Waals surface area contributed by atoms with Gasteiger partial charge in [-0.3, -0.25) is 0 Å². The van der Waals surface area contributed by atoms with Crippen LogP contribution in [0.2, 0.25) is 0 Å². The molecule has 1 aromatic carbocycles. The summed E-state index contributed by atoms with van der Waals surface area (Å²) in [5.74, 6) is 0.350. The number of hydrogen-bond donors (Lipinski definition) is 3. The highest BCUT2D eigenvalue weighted by molar-refractivity contribution is 5.77. The van der Waals surface area contributed by atoms with E-state index in [4.69, 9.17) is 5.73 Å². The van der Waals surface area contributed by atoms with Gasteiger partial charge in [-0.05, 0) is 18.2 Å². The Labute approximate surface area is 80.3 Å². The molecule has 0 aliphatic heterocycles. The van der Waals surface area contributed by atoms with Crippen LogP contribution in [0, 0.1) is 5.82 Å². The van der Waals surface area contributed by atoms with Gasteiger partial charge >= 0.3 is 0 Å². The summed E-state index contributed by atoms with van der Waals surface area (Å²) in [5.41, 5.74) is 6.76. The van der Waals surface area contributed by atoms with Gasteiger partial charge in [0, 0.05) is 13.1 Å². The Morgan fingerprint density at radius 2 is 2.36 bits per heavy atom. The number of H-pyrrole nitrogens is 1. The second kappa shape index (κ2) is 3.63. The van der Waals surface area contributed by atoms with Crippen LogP contribution in [0.4, 0.5) is 10.3 Å². The van der Waals surface area contributed by atoms with Gasteiger partial charge in [-0.2, -0.15) is 0 Å². The lowest BCUT2D eigenvalue weighted by molar-refractivity contribution is 0.629. The Bertz CT molecular complexity index is 437. The van der Waals surface area contributed by atoms with Gasteiger partial charge in [0.2, 0.25) is 5.95 Å². The molecule has 1 aromatic heterocycles. The molecule has 0 saturated carbocycles. The van der Waals surface area contributed by atoms with E-state index < -0.39 is 0 Å². The van der Waals surface area contributed by atoms with Gasteiger partial charge in [-0.25, -0.2) is 9.37 Å². The molecule has 0 amide bonds. The Balaban J connectivity index is 2.32. The van der Waals surface area contributed by atoms with E-state index in [1.165, 1.54) is 12.1 Å². The van der Waals surface area contributed by atoms with Crippen molar-refractivity contribution in [2.75, 3.05) is 18.4 Å². The minimum absolute atomic E-state index is 0.272. The Morgan fingerprint density at radius 1 is 1.50 bits per heavy atom. The van der Waals surface area contributed by atoms with E-state index in [1.807, 2.05) is 0 Å². The molecule has 0 aliphatic rings. The number of rotatable bonds is 3. The second-order valence-corrected chi connectivity index (χ2v) is 2.96. The van der Waals surface area contributed by atoms with Gasteiger partial charge in [0.25, 0.3) is 0 Å². The predicted molar refractivity (Wildman–Crippen MR) is 53.6 cm³/mol. The molecule has 14 heavy (non-hydrogen) atoms. The molecule has 1 heterocycles. The van der Waals surface area contributed by atoms with Gasteiger partial charge in [0.1, 0.15) is 5.82 Å². The molecule has 0 unspecified atom stereocenters. The summed E-state index contributed by atoms with van der Waals surface area (Å²) < 4.78 is 12.8. The summed E-state index contributed by atoms with van der Waals surface area (Å²) >= 11 is 0. The lowest BCUT2D eigenvalue weighted by Crippen LogP contribution is -2.13. The number of imidazole rings is 1. The average molecular weight is 194 g/mol. The summed E-state index contributed by atoms with van der Waals surface area (Å²) in [6.45, 7) is 1.17. The van der Waals surface area contributed by atoms with E-state index >= 15 is 0 Å². The Kier molecular flexibility index (Phi) is 2.32. The SMILES string of the molecule is NCCNc1nc2ccc(F)cc2[nH]1. The molecule has 0 atom stereocenters. The number of aromatic amines is 1. The molecule has 2 aromatic rings. The standard InChI is InChI=1S/C9H11FN4/c10-6-1-2-7-8(5-6)14-9(13-7)12-4-3-11/h1-2,5H,3-4,11H2,(H2,12,13,14). The van der Waals surface area contributed by atoms with E-state index in [2.05, 4.69) is 15.3 Å². The summed E-state index contributed by atoms with van der Waals surface area (Å²) in [5, 5.41) is 2.99. The van der Waals surface area contributed by atoms with E-state index in [0.717, 1.165) is 5.52 Å².